The Bertz CT molecular complexity index is 898. The highest BCUT2D eigenvalue weighted by atomic mass is 32.2. The van der Waals surface area contributed by atoms with E-state index < -0.39 is 0 Å². The molecule has 180 valence electrons. The highest BCUT2D eigenvalue weighted by molar-refractivity contribution is 8.21. The molecule has 1 heterocycles. The third kappa shape index (κ3) is 3.83. The number of nitrogens with one attached hydrogen (secondary N) is 1. The summed E-state index contributed by atoms with van der Waals surface area (Å²) < 4.78 is 0.434. The van der Waals surface area contributed by atoms with Crippen molar-refractivity contribution in [2.45, 2.75) is 88.7 Å². The first kappa shape index (κ1) is 22.9. The van der Waals surface area contributed by atoms with Crippen LogP contribution in [0.2, 0.25) is 0 Å². The monoisotopic (exact) mass is 481 g/mol. The lowest BCUT2D eigenvalue weighted by Gasteiger charge is -2.58. The van der Waals surface area contributed by atoms with Crippen LogP contribution in [0.15, 0.2) is 35.9 Å². The molecule has 1 N–H and O–H groups in total. The fourth-order valence-corrected chi connectivity index (χ4v) is 12.1. The zero-order chi connectivity index (χ0) is 22.8. The normalized spacial score (nSPS) is 41.4. The quantitative estimate of drug-likeness (QED) is 0.434. The zero-order valence-corrected chi connectivity index (χ0v) is 22.7. The summed E-state index contributed by atoms with van der Waals surface area (Å²) in [5.41, 5.74) is 5.31. The first-order valence-corrected chi connectivity index (χ1v) is 15.7. The second-order valence-electron chi connectivity index (χ2n) is 12.5. The zero-order valence-electron chi connectivity index (χ0n) is 21.1. The number of hydrogen-bond acceptors (Lipinski definition) is 3. The van der Waals surface area contributed by atoms with Crippen LogP contribution in [0.5, 0.6) is 0 Å². The second-order valence-corrected chi connectivity index (χ2v) is 15.6. The average molecular weight is 482 g/mol. The van der Waals surface area contributed by atoms with Gasteiger partial charge in [0.2, 0.25) is 0 Å². The molecule has 0 amide bonds. The molecule has 1 aliphatic heterocycles. The predicted molar refractivity (Wildman–Crippen MR) is 147 cm³/mol. The molecule has 6 rings (SSSR count). The Labute approximate surface area is 210 Å². The number of benzene rings is 1. The minimum absolute atomic E-state index is 0.434. The van der Waals surface area contributed by atoms with Gasteiger partial charge in [0.25, 0.3) is 0 Å². The first-order valence-electron chi connectivity index (χ1n) is 13.7. The van der Waals surface area contributed by atoms with Gasteiger partial charge in [0.15, 0.2) is 0 Å². The maximum Gasteiger partial charge on any atom is 0.0794 e. The molecule has 3 saturated carbocycles. The summed E-state index contributed by atoms with van der Waals surface area (Å²) >= 11 is 4.50. The fourth-order valence-electron chi connectivity index (χ4n) is 8.89. The van der Waals surface area contributed by atoms with Gasteiger partial charge in [0.1, 0.15) is 0 Å². The van der Waals surface area contributed by atoms with E-state index in [1.54, 1.807) is 5.56 Å². The standard InChI is InChI=1S/C30H43NS2/c1-19(2)31-23-9-6-21(7-10-23)26-18-29(4)20(3)5-12-27(29)25-11-8-22-17-30(32-15-16-33-30)14-13-24(22)28(25)26/h6-7,9-10,17,19-20,24-28,31H,5,8,11-16,18H2,1-4H3. The molecule has 1 aromatic rings. The lowest BCUT2D eigenvalue weighted by atomic mass is 9.47. The number of hydrogen-bond donors (Lipinski definition) is 1. The van der Waals surface area contributed by atoms with Crippen LogP contribution in [-0.2, 0) is 0 Å². The summed E-state index contributed by atoms with van der Waals surface area (Å²) in [6.07, 6.45) is 12.8. The molecule has 0 radical (unpaired) electrons. The topological polar surface area (TPSA) is 12.0 Å². The molecule has 0 aromatic heterocycles. The molecule has 4 fully saturated rings. The number of anilines is 1. The average Bonchev–Trinajstić information content (AvgIpc) is 3.37. The maximum atomic E-state index is 3.60. The molecule has 7 unspecified atom stereocenters. The van der Waals surface area contributed by atoms with Crippen molar-refractivity contribution in [3.63, 3.8) is 0 Å². The van der Waals surface area contributed by atoms with Crippen LogP contribution in [0.1, 0.15) is 84.1 Å². The highest BCUT2D eigenvalue weighted by Crippen LogP contribution is 2.68. The van der Waals surface area contributed by atoms with E-state index >= 15 is 0 Å². The van der Waals surface area contributed by atoms with Gasteiger partial charge in [0.05, 0.1) is 4.08 Å². The number of fused-ring (bicyclic) bond motifs is 5. The van der Waals surface area contributed by atoms with Gasteiger partial charge in [-0.25, -0.2) is 0 Å². The molecular weight excluding hydrogens is 438 g/mol. The van der Waals surface area contributed by atoms with Crippen molar-refractivity contribution in [2.75, 3.05) is 16.8 Å². The van der Waals surface area contributed by atoms with Crippen molar-refractivity contribution >= 4 is 29.2 Å². The van der Waals surface area contributed by atoms with E-state index in [1.165, 1.54) is 62.1 Å². The molecule has 0 bridgehead atoms. The maximum absolute atomic E-state index is 3.60. The summed E-state index contributed by atoms with van der Waals surface area (Å²) in [6, 6.07) is 10.2. The van der Waals surface area contributed by atoms with E-state index in [1.807, 2.05) is 5.57 Å². The third-order valence-corrected chi connectivity index (χ3v) is 13.9. The molecule has 33 heavy (non-hydrogen) atoms. The van der Waals surface area contributed by atoms with Crippen LogP contribution in [0.4, 0.5) is 5.69 Å². The largest absolute Gasteiger partial charge is 0.383 e. The van der Waals surface area contributed by atoms with Crippen LogP contribution >= 0.6 is 23.5 Å². The van der Waals surface area contributed by atoms with Crippen LogP contribution in [0, 0.1) is 35.0 Å². The van der Waals surface area contributed by atoms with Gasteiger partial charge in [-0.3, -0.25) is 0 Å². The van der Waals surface area contributed by atoms with E-state index in [0.717, 1.165) is 35.5 Å². The minimum atomic E-state index is 0.434. The number of allylic oxidation sites excluding steroid dienone is 1. The molecule has 7 atom stereocenters. The molecule has 1 aromatic carbocycles. The van der Waals surface area contributed by atoms with E-state index in [4.69, 9.17) is 0 Å². The Morgan fingerprint density at radius 1 is 0.970 bits per heavy atom. The molecular formula is C30H43NS2. The first-order chi connectivity index (χ1) is 15.9. The van der Waals surface area contributed by atoms with Gasteiger partial charge < -0.3 is 5.32 Å². The van der Waals surface area contributed by atoms with E-state index in [-0.39, 0.29) is 0 Å². The fraction of sp³-hybridized carbons (Fsp3) is 0.733. The minimum Gasteiger partial charge on any atom is -0.383 e. The molecule has 5 aliphatic rings. The van der Waals surface area contributed by atoms with Crippen LogP contribution in [0.25, 0.3) is 0 Å². The Balaban J connectivity index is 1.37. The molecule has 1 saturated heterocycles. The summed E-state index contributed by atoms with van der Waals surface area (Å²) in [5.74, 6) is 7.92. The van der Waals surface area contributed by atoms with Gasteiger partial charge in [-0.2, -0.15) is 0 Å². The van der Waals surface area contributed by atoms with E-state index in [9.17, 15) is 0 Å². The SMILES string of the molecule is CC(C)Nc1ccc(C2CC3(C)C(C)CCC3C3CCC4=CC5(CCC4C23)SCCS5)cc1. The van der Waals surface area contributed by atoms with Crippen molar-refractivity contribution < 1.29 is 0 Å². The van der Waals surface area contributed by atoms with Crippen LogP contribution in [-0.4, -0.2) is 21.6 Å². The number of rotatable bonds is 3. The Hall–Kier alpha value is -0.540. The highest BCUT2D eigenvalue weighted by Gasteiger charge is 2.59. The Morgan fingerprint density at radius 2 is 1.73 bits per heavy atom. The molecule has 1 spiro atoms. The third-order valence-electron chi connectivity index (χ3n) is 10.5. The van der Waals surface area contributed by atoms with E-state index in [2.05, 4.69) is 86.9 Å². The summed E-state index contributed by atoms with van der Waals surface area (Å²) in [6.45, 7) is 9.71. The van der Waals surface area contributed by atoms with Crippen molar-refractivity contribution in [1.29, 1.82) is 0 Å². The lowest BCUT2D eigenvalue weighted by Crippen LogP contribution is -2.50. The van der Waals surface area contributed by atoms with Gasteiger partial charge in [-0.15, -0.1) is 23.5 Å². The van der Waals surface area contributed by atoms with Crippen LogP contribution in [0.3, 0.4) is 0 Å². The van der Waals surface area contributed by atoms with Gasteiger partial charge in [-0.05, 0) is 117 Å². The van der Waals surface area contributed by atoms with Crippen molar-refractivity contribution in [3.8, 4) is 0 Å². The Morgan fingerprint density at radius 3 is 2.45 bits per heavy atom. The number of thioether (sulfide) groups is 2. The summed E-state index contributed by atoms with van der Waals surface area (Å²) in [7, 11) is 0. The van der Waals surface area contributed by atoms with Crippen LogP contribution < -0.4 is 5.32 Å². The van der Waals surface area contributed by atoms with Crippen molar-refractivity contribution in [3.05, 3.63) is 41.5 Å². The van der Waals surface area contributed by atoms with E-state index in [0.29, 0.717) is 15.5 Å². The van der Waals surface area contributed by atoms with Crippen molar-refractivity contribution in [2.24, 2.45) is 35.0 Å². The molecule has 4 aliphatic carbocycles. The van der Waals surface area contributed by atoms with Gasteiger partial charge in [-0.1, -0.05) is 37.6 Å². The molecule has 1 nitrogen and oxygen atoms in total. The lowest BCUT2D eigenvalue weighted by molar-refractivity contribution is -0.0348. The summed E-state index contributed by atoms with van der Waals surface area (Å²) in [4.78, 5) is 0. The Kier molecular flexibility index (Phi) is 5.93. The smallest absolute Gasteiger partial charge is 0.0794 e. The molecule has 3 heteroatoms. The second kappa shape index (κ2) is 8.54. The van der Waals surface area contributed by atoms with Gasteiger partial charge in [0, 0.05) is 23.2 Å². The van der Waals surface area contributed by atoms with Crippen molar-refractivity contribution in [1.82, 2.24) is 0 Å². The van der Waals surface area contributed by atoms with Gasteiger partial charge >= 0.3 is 0 Å². The predicted octanol–water partition coefficient (Wildman–Crippen LogP) is 8.59. The summed E-state index contributed by atoms with van der Waals surface area (Å²) in [5, 5.41) is 3.60.